The molecule has 3 aromatic carbocycles. The molecule has 0 atom stereocenters. The summed E-state index contributed by atoms with van der Waals surface area (Å²) in [7, 11) is 1.70. The van der Waals surface area contributed by atoms with Crippen molar-refractivity contribution >= 4 is 0 Å². The molecule has 2 heteroatoms. The Labute approximate surface area is 150 Å². The van der Waals surface area contributed by atoms with Crippen LogP contribution >= 0.6 is 0 Å². The standard InChI is InChI=1S/C23H25NO/c1-3-18-24-23(19-10-6-4-7-11-19,20-12-8-5-9-13-20)21-14-16-22(25-2)17-15-21/h4-17,24H,3,18H2,1-2H3. The quantitative estimate of drug-likeness (QED) is 0.616. The third kappa shape index (κ3) is 3.45. The fraction of sp³-hybridized carbons (Fsp3) is 0.217. The fourth-order valence-electron chi connectivity index (χ4n) is 3.34. The summed E-state index contributed by atoms with van der Waals surface area (Å²) in [5.74, 6) is 0.870. The van der Waals surface area contributed by atoms with Gasteiger partial charge in [-0.05, 0) is 41.8 Å². The van der Waals surface area contributed by atoms with Gasteiger partial charge in [-0.1, -0.05) is 79.7 Å². The van der Waals surface area contributed by atoms with Gasteiger partial charge in [-0.2, -0.15) is 0 Å². The van der Waals surface area contributed by atoms with Crippen molar-refractivity contribution in [1.82, 2.24) is 5.32 Å². The van der Waals surface area contributed by atoms with Crippen molar-refractivity contribution < 1.29 is 4.74 Å². The molecule has 0 heterocycles. The minimum atomic E-state index is -0.384. The van der Waals surface area contributed by atoms with Gasteiger partial charge in [0.2, 0.25) is 0 Å². The number of benzene rings is 3. The van der Waals surface area contributed by atoms with E-state index in [1.165, 1.54) is 16.7 Å². The highest BCUT2D eigenvalue weighted by molar-refractivity contribution is 5.50. The van der Waals surface area contributed by atoms with E-state index in [0.717, 1.165) is 18.7 Å². The van der Waals surface area contributed by atoms with Crippen LogP contribution in [-0.2, 0) is 5.54 Å². The molecule has 0 unspecified atom stereocenters. The molecule has 0 amide bonds. The Kier molecular flexibility index (Phi) is 5.52. The predicted molar refractivity (Wildman–Crippen MR) is 104 cm³/mol. The maximum absolute atomic E-state index is 5.35. The van der Waals surface area contributed by atoms with Crippen molar-refractivity contribution in [3.8, 4) is 5.75 Å². The lowest BCUT2D eigenvalue weighted by Gasteiger charge is -2.37. The molecule has 128 valence electrons. The fourth-order valence-corrected chi connectivity index (χ4v) is 3.34. The Hall–Kier alpha value is -2.58. The van der Waals surface area contributed by atoms with Crippen LogP contribution in [0.15, 0.2) is 84.9 Å². The molecule has 25 heavy (non-hydrogen) atoms. The molecule has 0 aliphatic carbocycles. The van der Waals surface area contributed by atoms with Crippen LogP contribution in [0.25, 0.3) is 0 Å². The Morgan fingerprint density at radius 3 is 1.64 bits per heavy atom. The second-order valence-corrected chi connectivity index (χ2v) is 6.14. The number of nitrogens with one attached hydrogen (secondary N) is 1. The SMILES string of the molecule is CCCNC(c1ccccc1)(c1ccccc1)c1ccc(OC)cc1. The lowest BCUT2D eigenvalue weighted by molar-refractivity contribution is 0.413. The van der Waals surface area contributed by atoms with Crippen LogP contribution in [0, 0.1) is 0 Å². The van der Waals surface area contributed by atoms with Gasteiger partial charge < -0.3 is 10.1 Å². The van der Waals surface area contributed by atoms with Gasteiger partial charge in [0.15, 0.2) is 0 Å². The van der Waals surface area contributed by atoms with E-state index in [-0.39, 0.29) is 5.54 Å². The van der Waals surface area contributed by atoms with Crippen LogP contribution in [0.4, 0.5) is 0 Å². The van der Waals surface area contributed by atoms with Gasteiger partial charge in [-0.3, -0.25) is 0 Å². The highest BCUT2D eigenvalue weighted by atomic mass is 16.5. The van der Waals surface area contributed by atoms with Crippen LogP contribution in [0.1, 0.15) is 30.0 Å². The Bertz CT molecular complexity index is 727. The molecular formula is C23H25NO. The summed E-state index contributed by atoms with van der Waals surface area (Å²) in [6.45, 7) is 3.12. The van der Waals surface area contributed by atoms with E-state index in [4.69, 9.17) is 4.74 Å². The molecule has 0 bridgehead atoms. The topological polar surface area (TPSA) is 21.3 Å². The molecule has 0 fully saturated rings. The van der Waals surface area contributed by atoms with Crippen molar-refractivity contribution in [3.05, 3.63) is 102 Å². The van der Waals surface area contributed by atoms with E-state index in [2.05, 4.69) is 85.0 Å². The number of rotatable bonds is 7. The van der Waals surface area contributed by atoms with E-state index in [9.17, 15) is 0 Å². The summed E-state index contributed by atoms with van der Waals surface area (Å²) in [4.78, 5) is 0. The molecule has 0 spiro atoms. The van der Waals surface area contributed by atoms with Crippen molar-refractivity contribution in [2.45, 2.75) is 18.9 Å². The number of methoxy groups -OCH3 is 1. The van der Waals surface area contributed by atoms with E-state index >= 15 is 0 Å². The highest BCUT2D eigenvalue weighted by Crippen LogP contribution is 2.37. The summed E-state index contributed by atoms with van der Waals surface area (Å²) < 4.78 is 5.35. The second kappa shape index (κ2) is 8.00. The average Bonchev–Trinajstić information content (AvgIpc) is 2.71. The number of hydrogen-bond acceptors (Lipinski definition) is 2. The highest BCUT2D eigenvalue weighted by Gasteiger charge is 2.35. The van der Waals surface area contributed by atoms with Crippen LogP contribution in [0.3, 0.4) is 0 Å². The zero-order valence-electron chi connectivity index (χ0n) is 14.9. The second-order valence-electron chi connectivity index (χ2n) is 6.14. The van der Waals surface area contributed by atoms with Gasteiger partial charge in [0.25, 0.3) is 0 Å². The van der Waals surface area contributed by atoms with Gasteiger partial charge in [0, 0.05) is 0 Å². The van der Waals surface area contributed by atoms with Gasteiger partial charge >= 0.3 is 0 Å². The molecule has 0 aromatic heterocycles. The summed E-state index contributed by atoms with van der Waals surface area (Å²) >= 11 is 0. The van der Waals surface area contributed by atoms with Gasteiger partial charge in [0.05, 0.1) is 12.6 Å². The van der Waals surface area contributed by atoms with E-state index in [0.29, 0.717) is 0 Å². The van der Waals surface area contributed by atoms with E-state index in [1.54, 1.807) is 7.11 Å². The predicted octanol–water partition coefficient (Wildman–Crippen LogP) is 4.99. The zero-order chi connectivity index (χ0) is 17.5. The maximum Gasteiger partial charge on any atom is 0.118 e. The first-order chi connectivity index (χ1) is 12.3. The Morgan fingerprint density at radius 1 is 0.720 bits per heavy atom. The summed E-state index contributed by atoms with van der Waals surface area (Å²) in [6, 6.07) is 29.7. The van der Waals surface area contributed by atoms with Crippen molar-refractivity contribution in [2.24, 2.45) is 0 Å². The third-order valence-corrected chi connectivity index (χ3v) is 4.58. The first-order valence-corrected chi connectivity index (χ1v) is 8.82. The minimum absolute atomic E-state index is 0.384. The summed E-state index contributed by atoms with van der Waals surface area (Å²) in [6.07, 6.45) is 1.07. The average molecular weight is 331 g/mol. The first kappa shape index (κ1) is 17.2. The summed E-state index contributed by atoms with van der Waals surface area (Å²) in [5, 5.41) is 3.83. The molecular weight excluding hydrogens is 306 g/mol. The molecule has 1 N–H and O–H groups in total. The van der Waals surface area contributed by atoms with Crippen LogP contribution in [0.5, 0.6) is 5.75 Å². The molecule has 2 nitrogen and oxygen atoms in total. The Morgan fingerprint density at radius 2 is 1.20 bits per heavy atom. The Balaban J connectivity index is 2.23. The van der Waals surface area contributed by atoms with E-state index < -0.39 is 0 Å². The lowest BCUT2D eigenvalue weighted by atomic mass is 9.77. The first-order valence-electron chi connectivity index (χ1n) is 8.82. The van der Waals surface area contributed by atoms with Gasteiger partial charge in [-0.25, -0.2) is 0 Å². The molecule has 3 aromatic rings. The molecule has 0 saturated carbocycles. The smallest absolute Gasteiger partial charge is 0.118 e. The summed E-state index contributed by atoms with van der Waals surface area (Å²) in [5.41, 5.74) is 3.30. The van der Waals surface area contributed by atoms with Crippen molar-refractivity contribution in [1.29, 1.82) is 0 Å². The maximum atomic E-state index is 5.35. The van der Waals surface area contributed by atoms with Crippen molar-refractivity contribution in [2.75, 3.05) is 13.7 Å². The number of hydrogen-bond donors (Lipinski definition) is 1. The third-order valence-electron chi connectivity index (χ3n) is 4.58. The van der Waals surface area contributed by atoms with Crippen LogP contribution < -0.4 is 10.1 Å². The van der Waals surface area contributed by atoms with Gasteiger partial charge in [-0.15, -0.1) is 0 Å². The monoisotopic (exact) mass is 331 g/mol. The molecule has 0 saturated heterocycles. The van der Waals surface area contributed by atoms with Crippen LogP contribution in [0.2, 0.25) is 0 Å². The van der Waals surface area contributed by atoms with Crippen LogP contribution in [-0.4, -0.2) is 13.7 Å². The van der Waals surface area contributed by atoms with Gasteiger partial charge in [0.1, 0.15) is 5.75 Å². The lowest BCUT2D eigenvalue weighted by Crippen LogP contribution is -2.45. The van der Waals surface area contributed by atoms with Crippen molar-refractivity contribution in [3.63, 3.8) is 0 Å². The zero-order valence-corrected chi connectivity index (χ0v) is 14.9. The normalized spacial score (nSPS) is 11.3. The molecule has 0 radical (unpaired) electrons. The largest absolute Gasteiger partial charge is 0.497 e. The van der Waals surface area contributed by atoms with E-state index in [1.807, 2.05) is 12.1 Å². The molecule has 0 aliphatic heterocycles. The minimum Gasteiger partial charge on any atom is -0.497 e. The molecule has 0 aliphatic rings. The molecule has 3 rings (SSSR count). The number of ether oxygens (including phenoxy) is 1.